The van der Waals surface area contributed by atoms with E-state index in [0.29, 0.717) is 0 Å². The maximum Gasteiger partial charge on any atom is 0.140 e. The highest BCUT2D eigenvalue weighted by molar-refractivity contribution is 6.32. The fourth-order valence-electron chi connectivity index (χ4n) is 2.11. The van der Waals surface area contributed by atoms with Crippen molar-refractivity contribution in [2.24, 2.45) is 7.05 Å². The summed E-state index contributed by atoms with van der Waals surface area (Å²) >= 11 is 0. The Morgan fingerprint density at radius 1 is 1.00 bits per heavy atom. The second kappa shape index (κ2) is 3.86. The molecular weight excluding hydrogens is 224 g/mol. The third kappa shape index (κ3) is 1.68. The second-order valence-electron chi connectivity index (χ2n) is 4.35. The Bertz CT molecular complexity index is 668. The number of nitrogens with zero attached hydrogens (tertiary/aromatic N) is 2. The first-order chi connectivity index (χ1) is 8.25. The van der Waals surface area contributed by atoms with Crippen LogP contribution in [0.3, 0.4) is 0 Å². The Kier molecular flexibility index (Phi) is 2.33. The van der Waals surface area contributed by atoms with Gasteiger partial charge < -0.3 is 4.57 Å². The van der Waals surface area contributed by atoms with Crippen LogP contribution in [0.2, 0.25) is 0 Å². The predicted molar refractivity (Wildman–Crippen MR) is 75.7 cm³/mol. The van der Waals surface area contributed by atoms with Gasteiger partial charge in [-0.05, 0) is 12.1 Å². The van der Waals surface area contributed by atoms with Gasteiger partial charge >= 0.3 is 0 Å². The smallest absolute Gasteiger partial charge is 0.140 e. The molecule has 84 valence electrons. The van der Waals surface area contributed by atoms with Crippen molar-refractivity contribution >= 4 is 26.5 Å². The van der Waals surface area contributed by atoms with Crippen LogP contribution in [0, 0.1) is 0 Å². The van der Waals surface area contributed by atoms with Gasteiger partial charge in [0.2, 0.25) is 0 Å². The van der Waals surface area contributed by atoms with E-state index in [2.05, 4.69) is 59.1 Å². The first kappa shape index (κ1) is 10.3. The van der Waals surface area contributed by atoms with Crippen molar-refractivity contribution in [2.45, 2.75) is 0 Å². The SMILES string of the molecule is Cn1c(-c2ccc([SiH3])cc2)nc2ccccc21. The third-order valence-electron chi connectivity index (χ3n) is 3.10. The molecule has 0 radical (unpaired) electrons. The maximum absolute atomic E-state index is 4.69. The molecule has 0 bridgehead atoms. The largest absolute Gasteiger partial charge is 0.327 e. The third-order valence-corrected chi connectivity index (χ3v) is 3.76. The minimum atomic E-state index is 1.04. The van der Waals surface area contributed by atoms with Crippen LogP contribution in [0.5, 0.6) is 0 Å². The summed E-state index contributed by atoms with van der Waals surface area (Å²) < 4.78 is 2.15. The van der Waals surface area contributed by atoms with Gasteiger partial charge in [0.05, 0.1) is 11.0 Å². The molecule has 0 aliphatic rings. The number of fused-ring (bicyclic) bond motifs is 1. The Hall–Kier alpha value is -1.87. The van der Waals surface area contributed by atoms with E-state index < -0.39 is 0 Å². The molecule has 3 aromatic rings. The summed E-state index contributed by atoms with van der Waals surface area (Å²) in [5.74, 6) is 1.04. The molecule has 0 aliphatic carbocycles. The summed E-state index contributed by atoms with van der Waals surface area (Å²) in [5.41, 5.74) is 3.42. The zero-order valence-electron chi connectivity index (χ0n) is 10.0. The van der Waals surface area contributed by atoms with Gasteiger partial charge in [0, 0.05) is 22.9 Å². The minimum absolute atomic E-state index is 1.04. The number of hydrogen-bond donors (Lipinski definition) is 0. The van der Waals surface area contributed by atoms with Gasteiger partial charge in [-0.2, -0.15) is 0 Å². The molecule has 0 N–H and O–H groups in total. The van der Waals surface area contributed by atoms with Gasteiger partial charge in [-0.3, -0.25) is 0 Å². The molecule has 1 aromatic heterocycles. The summed E-state index contributed by atoms with van der Waals surface area (Å²) in [4.78, 5) is 4.69. The molecule has 0 unspecified atom stereocenters. The topological polar surface area (TPSA) is 17.8 Å². The van der Waals surface area contributed by atoms with Gasteiger partial charge in [0.25, 0.3) is 0 Å². The molecule has 0 aliphatic heterocycles. The number of aryl methyl sites for hydroxylation is 1. The number of benzene rings is 2. The van der Waals surface area contributed by atoms with Crippen molar-refractivity contribution in [3.8, 4) is 11.4 Å². The van der Waals surface area contributed by atoms with E-state index in [1.807, 2.05) is 6.07 Å². The molecule has 0 atom stereocenters. The lowest BCUT2D eigenvalue weighted by molar-refractivity contribution is 0.959. The molecule has 0 saturated carbocycles. The highest BCUT2D eigenvalue weighted by Gasteiger charge is 2.08. The van der Waals surface area contributed by atoms with Gasteiger partial charge in [-0.25, -0.2) is 4.98 Å². The van der Waals surface area contributed by atoms with E-state index in [1.165, 1.54) is 16.3 Å². The predicted octanol–water partition coefficient (Wildman–Crippen LogP) is 1.23. The van der Waals surface area contributed by atoms with Gasteiger partial charge in [0.15, 0.2) is 0 Å². The quantitative estimate of drug-likeness (QED) is 0.583. The van der Waals surface area contributed by atoms with E-state index >= 15 is 0 Å². The molecule has 0 spiro atoms. The van der Waals surface area contributed by atoms with Crippen LogP contribution in [-0.4, -0.2) is 19.8 Å². The average molecular weight is 238 g/mol. The van der Waals surface area contributed by atoms with E-state index in [4.69, 9.17) is 0 Å². The summed E-state index contributed by atoms with van der Waals surface area (Å²) in [6.07, 6.45) is 0. The van der Waals surface area contributed by atoms with Crippen molar-refractivity contribution in [1.29, 1.82) is 0 Å². The van der Waals surface area contributed by atoms with Gasteiger partial charge in [0.1, 0.15) is 5.82 Å². The fraction of sp³-hybridized carbons (Fsp3) is 0.0714. The summed E-state index contributed by atoms with van der Waals surface area (Å²) in [6.45, 7) is 0. The molecule has 3 heteroatoms. The van der Waals surface area contributed by atoms with Crippen LogP contribution in [0.15, 0.2) is 48.5 Å². The summed E-state index contributed by atoms with van der Waals surface area (Å²) in [6, 6.07) is 16.9. The Labute approximate surface area is 103 Å². The van der Waals surface area contributed by atoms with Crippen molar-refractivity contribution < 1.29 is 0 Å². The monoisotopic (exact) mass is 238 g/mol. The van der Waals surface area contributed by atoms with Crippen LogP contribution in [0.25, 0.3) is 22.4 Å². The van der Waals surface area contributed by atoms with Gasteiger partial charge in [-0.1, -0.05) is 41.6 Å². The number of hydrogen-bond acceptors (Lipinski definition) is 1. The highest BCUT2D eigenvalue weighted by Crippen LogP contribution is 2.22. The van der Waals surface area contributed by atoms with Crippen LogP contribution in [0.4, 0.5) is 0 Å². The van der Waals surface area contributed by atoms with Crippen molar-refractivity contribution in [2.75, 3.05) is 0 Å². The average Bonchev–Trinajstić information content (AvgIpc) is 2.69. The number of rotatable bonds is 1. The molecule has 0 amide bonds. The molecule has 3 rings (SSSR count). The standard InChI is InChI=1S/C14H14N2Si/c1-16-13-5-3-2-4-12(13)15-14(16)10-6-8-11(17)9-7-10/h2-9H,1,17H3. The van der Waals surface area contributed by atoms with Crippen molar-refractivity contribution in [3.63, 3.8) is 0 Å². The second-order valence-corrected chi connectivity index (χ2v) is 5.50. The van der Waals surface area contributed by atoms with Crippen LogP contribution >= 0.6 is 0 Å². The van der Waals surface area contributed by atoms with Crippen LogP contribution in [0.1, 0.15) is 0 Å². The van der Waals surface area contributed by atoms with E-state index in [1.54, 1.807) is 0 Å². The lowest BCUT2D eigenvalue weighted by Gasteiger charge is -2.02. The Balaban J connectivity index is 2.24. The first-order valence-corrected chi connectivity index (χ1v) is 6.74. The van der Waals surface area contributed by atoms with E-state index in [9.17, 15) is 0 Å². The van der Waals surface area contributed by atoms with Crippen LogP contribution < -0.4 is 5.19 Å². The zero-order chi connectivity index (χ0) is 11.8. The fourth-order valence-corrected chi connectivity index (χ4v) is 2.44. The summed E-state index contributed by atoms with van der Waals surface area (Å²) in [5, 5.41) is 1.41. The maximum atomic E-state index is 4.69. The first-order valence-electron chi connectivity index (χ1n) is 5.74. The number of aromatic nitrogens is 2. The molecule has 2 aromatic carbocycles. The van der Waals surface area contributed by atoms with Gasteiger partial charge in [-0.15, -0.1) is 0 Å². The molecular formula is C14H14N2Si. The van der Waals surface area contributed by atoms with Crippen molar-refractivity contribution in [3.05, 3.63) is 48.5 Å². The zero-order valence-corrected chi connectivity index (χ0v) is 12.0. The minimum Gasteiger partial charge on any atom is -0.327 e. The van der Waals surface area contributed by atoms with E-state index in [-0.39, 0.29) is 0 Å². The summed E-state index contributed by atoms with van der Waals surface area (Å²) in [7, 11) is 3.17. The highest BCUT2D eigenvalue weighted by atomic mass is 28.1. The molecule has 1 heterocycles. The normalized spacial score (nSPS) is 11.1. The molecule has 2 nitrogen and oxygen atoms in total. The van der Waals surface area contributed by atoms with Crippen molar-refractivity contribution in [1.82, 2.24) is 9.55 Å². The Morgan fingerprint density at radius 3 is 2.41 bits per heavy atom. The van der Waals surface area contributed by atoms with Crippen LogP contribution in [-0.2, 0) is 7.05 Å². The Morgan fingerprint density at radius 2 is 1.71 bits per heavy atom. The number of imidazole rings is 1. The molecule has 17 heavy (non-hydrogen) atoms. The molecule has 0 saturated heterocycles. The lowest BCUT2D eigenvalue weighted by atomic mass is 10.2. The lowest BCUT2D eigenvalue weighted by Crippen LogP contribution is -2.00. The number of para-hydroxylation sites is 2. The van der Waals surface area contributed by atoms with E-state index in [0.717, 1.165) is 21.6 Å². The molecule has 0 fully saturated rings.